The number of hydrogen-bond acceptors (Lipinski definition) is 2. The maximum Gasteiger partial charge on any atom is 0.258 e. The van der Waals surface area contributed by atoms with Crippen molar-refractivity contribution in [1.82, 2.24) is 5.32 Å². The molecule has 28 heavy (non-hydrogen) atoms. The van der Waals surface area contributed by atoms with Crippen LogP contribution in [0.1, 0.15) is 39.1 Å². The largest absolute Gasteiger partial charge is 0.349 e. The Balaban J connectivity index is 1.57. The highest BCUT2D eigenvalue weighted by molar-refractivity contribution is 6.06. The van der Waals surface area contributed by atoms with Gasteiger partial charge in [-0.15, -0.1) is 0 Å². The van der Waals surface area contributed by atoms with E-state index in [0.717, 1.165) is 24.1 Å². The number of para-hydroxylation sites is 1. The average molecular weight is 370 g/mol. The van der Waals surface area contributed by atoms with E-state index in [4.69, 9.17) is 0 Å². The Labute approximate surface area is 164 Å². The predicted octanol–water partition coefficient (Wildman–Crippen LogP) is 4.43. The maximum atomic E-state index is 13.2. The number of carbonyl (C=O) groups excluding carboxylic acids is 2. The lowest BCUT2D eigenvalue weighted by Crippen LogP contribution is -2.30. The highest BCUT2D eigenvalue weighted by atomic mass is 16.2. The molecule has 0 spiro atoms. The summed E-state index contributed by atoms with van der Waals surface area (Å²) in [5.41, 5.74) is 3.03. The molecular formula is C24H22N2O2. The van der Waals surface area contributed by atoms with Crippen LogP contribution in [0, 0.1) is 0 Å². The first-order valence-corrected chi connectivity index (χ1v) is 9.52. The van der Waals surface area contributed by atoms with Crippen molar-refractivity contribution in [1.29, 1.82) is 0 Å². The predicted molar refractivity (Wildman–Crippen MR) is 110 cm³/mol. The number of carbonyl (C=O) groups is 2. The normalized spacial score (nSPS) is 13.0. The van der Waals surface area contributed by atoms with E-state index in [2.05, 4.69) is 5.32 Å². The number of anilines is 1. The molecule has 1 fully saturated rings. The fourth-order valence-corrected chi connectivity index (χ4v) is 3.07. The van der Waals surface area contributed by atoms with Crippen LogP contribution in [0.4, 0.5) is 5.69 Å². The van der Waals surface area contributed by atoms with Gasteiger partial charge in [0.25, 0.3) is 11.8 Å². The van der Waals surface area contributed by atoms with E-state index in [1.165, 1.54) is 0 Å². The maximum absolute atomic E-state index is 13.2. The van der Waals surface area contributed by atoms with Crippen molar-refractivity contribution < 1.29 is 9.59 Å². The van der Waals surface area contributed by atoms with Crippen LogP contribution in [-0.4, -0.2) is 17.9 Å². The monoisotopic (exact) mass is 370 g/mol. The van der Waals surface area contributed by atoms with E-state index in [9.17, 15) is 9.59 Å². The molecule has 0 aliphatic heterocycles. The summed E-state index contributed by atoms with van der Waals surface area (Å²) in [5, 5.41) is 2.97. The fourth-order valence-electron chi connectivity index (χ4n) is 3.07. The summed E-state index contributed by atoms with van der Waals surface area (Å²) in [6.07, 6.45) is 2.10. The Morgan fingerprint density at radius 3 is 1.96 bits per heavy atom. The van der Waals surface area contributed by atoms with E-state index in [1.807, 2.05) is 60.7 Å². The van der Waals surface area contributed by atoms with E-state index in [-0.39, 0.29) is 11.8 Å². The summed E-state index contributed by atoms with van der Waals surface area (Å²) in [6, 6.07) is 26.8. The molecule has 1 aliphatic carbocycles. The lowest BCUT2D eigenvalue weighted by molar-refractivity contribution is 0.0947. The first kappa shape index (κ1) is 18.0. The van der Waals surface area contributed by atoms with Crippen molar-refractivity contribution in [2.45, 2.75) is 25.4 Å². The average Bonchev–Trinajstić information content (AvgIpc) is 3.57. The van der Waals surface area contributed by atoms with E-state index >= 15 is 0 Å². The van der Waals surface area contributed by atoms with Crippen molar-refractivity contribution >= 4 is 17.5 Å². The van der Waals surface area contributed by atoms with Crippen LogP contribution in [0.5, 0.6) is 0 Å². The second kappa shape index (κ2) is 8.09. The zero-order valence-corrected chi connectivity index (χ0v) is 15.5. The zero-order chi connectivity index (χ0) is 19.3. The van der Waals surface area contributed by atoms with E-state index < -0.39 is 0 Å². The minimum Gasteiger partial charge on any atom is -0.349 e. The third-order valence-corrected chi connectivity index (χ3v) is 4.80. The summed E-state index contributed by atoms with van der Waals surface area (Å²) in [4.78, 5) is 27.2. The molecule has 0 aromatic heterocycles. The second-order valence-electron chi connectivity index (χ2n) is 7.04. The summed E-state index contributed by atoms with van der Waals surface area (Å²) in [7, 11) is 0. The number of amides is 2. The Hall–Kier alpha value is -3.40. The molecular weight excluding hydrogens is 348 g/mol. The molecule has 1 aliphatic rings. The lowest BCUT2D eigenvalue weighted by Gasteiger charge is -2.23. The van der Waals surface area contributed by atoms with Crippen LogP contribution >= 0.6 is 0 Å². The fraction of sp³-hybridized carbons (Fsp3) is 0.167. The first-order chi connectivity index (χ1) is 13.7. The van der Waals surface area contributed by atoms with Gasteiger partial charge in [0.05, 0.1) is 6.54 Å². The van der Waals surface area contributed by atoms with Gasteiger partial charge in [-0.25, -0.2) is 0 Å². The Bertz CT molecular complexity index is 949. The third kappa shape index (κ3) is 4.29. The highest BCUT2D eigenvalue weighted by Gasteiger charge is 2.24. The Morgan fingerprint density at radius 1 is 0.786 bits per heavy atom. The number of nitrogens with one attached hydrogen (secondary N) is 1. The van der Waals surface area contributed by atoms with Crippen LogP contribution in [0.15, 0.2) is 84.9 Å². The molecule has 1 saturated carbocycles. The molecule has 0 atom stereocenters. The quantitative estimate of drug-likeness (QED) is 0.698. The number of hydrogen-bond donors (Lipinski definition) is 1. The zero-order valence-electron chi connectivity index (χ0n) is 15.5. The topological polar surface area (TPSA) is 49.4 Å². The van der Waals surface area contributed by atoms with Crippen molar-refractivity contribution in [3.63, 3.8) is 0 Å². The highest BCUT2D eigenvalue weighted by Crippen LogP contribution is 2.21. The first-order valence-electron chi connectivity index (χ1n) is 9.52. The molecule has 4 nitrogen and oxygen atoms in total. The van der Waals surface area contributed by atoms with Gasteiger partial charge in [-0.3, -0.25) is 9.59 Å². The molecule has 1 N–H and O–H groups in total. The van der Waals surface area contributed by atoms with Crippen molar-refractivity contribution in [3.05, 3.63) is 102 Å². The summed E-state index contributed by atoms with van der Waals surface area (Å²) < 4.78 is 0. The van der Waals surface area contributed by atoms with Crippen molar-refractivity contribution in [2.75, 3.05) is 4.90 Å². The summed E-state index contributed by atoms with van der Waals surface area (Å²) >= 11 is 0. The Kier molecular flexibility index (Phi) is 5.20. The number of nitrogens with zero attached hydrogens (tertiary/aromatic N) is 1. The van der Waals surface area contributed by atoms with Gasteiger partial charge in [0.1, 0.15) is 0 Å². The number of rotatable bonds is 6. The third-order valence-electron chi connectivity index (χ3n) is 4.80. The SMILES string of the molecule is O=C(NC1CC1)c1ccc(C(=O)N(Cc2ccccc2)c2ccccc2)cc1. The summed E-state index contributed by atoms with van der Waals surface area (Å²) in [6.45, 7) is 0.480. The van der Waals surface area contributed by atoms with Gasteiger partial charge in [-0.05, 0) is 54.8 Å². The van der Waals surface area contributed by atoms with Gasteiger partial charge in [0.15, 0.2) is 0 Å². The minimum atomic E-state index is -0.0933. The van der Waals surface area contributed by atoms with Crippen molar-refractivity contribution in [2.24, 2.45) is 0 Å². The molecule has 2 amide bonds. The molecule has 3 aromatic rings. The molecule has 0 unspecified atom stereocenters. The van der Waals surface area contributed by atoms with Gasteiger partial charge in [-0.2, -0.15) is 0 Å². The molecule has 4 heteroatoms. The van der Waals surface area contributed by atoms with E-state index in [1.54, 1.807) is 29.2 Å². The van der Waals surface area contributed by atoms with Gasteiger partial charge < -0.3 is 10.2 Å². The smallest absolute Gasteiger partial charge is 0.258 e. The van der Waals surface area contributed by atoms with Crippen molar-refractivity contribution in [3.8, 4) is 0 Å². The van der Waals surface area contributed by atoms with E-state index in [0.29, 0.717) is 23.7 Å². The second-order valence-corrected chi connectivity index (χ2v) is 7.04. The van der Waals surface area contributed by atoms with Gasteiger partial charge >= 0.3 is 0 Å². The van der Waals surface area contributed by atoms with Crippen LogP contribution < -0.4 is 10.2 Å². The standard InChI is InChI=1S/C24H22N2O2/c27-23(25-21-15-16-21)19-11-13-20(14-12-19)24(28)26(22-9-5-2-6-10-22)17-18-7-3-1-4-8-18/h1-14,21H,15-17H2,(H,25,27). The number of benzene rings is 3. The van der Waals surface area contributed by atoms with Crippen LogP contribution in [-0.2, 0) is 6.54 Å². The van der Waals surface area contributed by atoms with Gasteiger partial charge in [0, 0.05) is 22.9 Å². The van der Waals surface area contributed by atoms with Crippen LogP contribution in [0.25, 0.3) is 0 Å². The lowest BCUT2D eigenvalue weighted by atomic mass is 10.1. The Morgan fingerprint density at radius 2 is 1.36 bits per heavy atom. The van der Waals surface area contributed by atoms with Gasteiger partial charge in [0.2, 0.25) is 0 Å². The minimum absolute atomic E-state index is 0.0781. The molecule has 4 rings (SSSR count). The van der Waals surface area contributed by atoms with Gasteiger partial charge in [-0.1, -0.05) is 48.5 Å². The molecule has 0 saturated heterocycles. The van der Waals surface area contributed by atoms with Crippen LogP contribution in [0.3, 0.4) is 0 Å². The van der Waals surface area contributed by atoms with Crippen LogP contribution in [0.2, 0.25) is 0 Å². The summed E-state index contributed by atoms with van der Waals surface area (Å²) in [5.74, 6) is -0.171. The molecule has 0 heterocycles. The molecule has 3 aromatic carbocycles. The molecule has 0 bridgehead atoms. The molecule has 0 radical (unpaired) electrons. The molecule has 140 valence electrons.